The van der Waals surface area contributed by atoms with Crippen molar-refractivity contribution < 1.29 is 27.1 Å². The molecule has 2 N–H and O–H groups in total. The summed E-state index contributed by atoms with van der Waals surface area (Å²) in [4.78, 5) is 23.7. The summed E-state index contributed by atoms with van der Waals surface area (Å²) in [5.41, 5.74) is -0.542. The number of halogens is 1. The molecular formula is C17H23FN2O5S. The minimum absolute atomic E-state index is 0.0378. The number of nitrogens with one attached hydrogen (secondary N) is 2. The van der Waals surface area contributed by atoms with Gasteiger partial charge in [-0.1, -0.05) is 19.8 Å². The Morgan fingerprint density at radius 3 is 2.62 bits per heavy atom. The van der Waals surface area contributed by atoms with Crippen molar-refractivity contribution in [1.29, 1.82) is 0 Å². The third-order valence-corrected chi connectivity index (χ3v) is 5.94. The molecule has 1 aliphatic rings. The Kier molecular flexibility index (Phi) is 6.71. The summed E-state index contributed by atoms with van der Waals surface area (Å²) in [5, 5.41) is 2.82. The number of esters is 1. The SMILES string of the molecule is CNS(=O)(=O)c1ccc(F)c(C(=O)OCC(=O)NC2CCCCC2C)c1. The monoisotopic (exact) mass is 386 g/mol. The van der Waals surface area contributed by atoms with E-state index in [9.17, 15) is 22.4 Å². The molecule has 26 heavy (non-hydrogen) atoms. The predicted molar refractivity (Wildman–Crippen MR) is 92.5 cm³/mol. The average molecular weight is 386 g/mol. The highest BCUT2D eigenvalue weighted by atomic mass is 32.2. The smallest absolute Gasteiger partial charge is 0.341 e. The minimum Gasteiger partial charge on any atom is -0.452 e. The molecule has 1 saturated carbocycles. The van der Waals surface area contributed by atoms with Crippen LogP contribution in [0.3, 0.4) is 0 Å². The second-order valence-electron chi connectivity index (χ2n) is 6.36. The molecule has 2 unspecified atom stereocenters. The van der Waals surface area contributed by atoms with Gasteiger partial charge in [0.25, 0.3) is 5.91 Å². The van der Waals surface area contributed by atoms with Crippen molar-refractivity contribution in [2.75, 3.05) is 13.7 Å². The standard InChI is InChI=1S/C17H23FN2O5S/c1-11-5-3-4-6-15(11)20-16(21)10-25-17(22)13-9-12(7-8-14(13)18)26(23,24)19-2/h7-9,11,15,19H,3-6,10H2,1-2H3,(H,20,21). The molecule has 1 amide bonds. The Hall–Kier alpha value is -2.00. The van der Waals surface area contributed by atoms with Crippen molar-refractivity contribution in [1.82, 2.24) is 10.0 Å². The van der Waals surface area contributed by atoms with Gasteiger partial charge in [-0.25, -0.2) is 22.3 Å². The number of benzene rings is 1. The first kappa shape index (κ1) is 20.3. The fourth-order valence-corrected chi connectivity index (χ4v) is 3.69. The zero-order valence-corrected chi connectivity index (χ0v) is 15.6. The lowest BCUT2D eigenvalue weighted by molar-refractivity contribution is -0.125. The predicted octanol–water partition coefficient (Wildman–Crippen LogP) is 1.59. The maximum absolute atomic E-state index is 13.8. The summed E-state index contributed by atoms with van der Waals surface area (Å²) in [7, 11) is -2.63. The van der Waals surface area contributed by atoms with Crippen LogP contribution < -0.4 is 10.0 Å². The third kappa shape index (κ3) is 5.01. The van der Waals surface area contributed by atoms with Gasteiger partial charge in [0.15, 0.2) is 6.61 Å². The molecule has 0 radical (unpaired) electrons. The van der Waals surface area contributed by atoms with Crippen LogP contribution in [0, 0.1) is 11.7 Å². The number of ether oxygens (including phenoxy) is 1. The third-order valence-electron chi connectivity index (χ3n) is 4.53. The van der Waals surface area contributed by atoms with E-state index in [1.165, 1.54) is 7.05 Å². The largest absolute Gasteiger partial charge is 0.452 e. The van der Waals surface area contributed by atoms with Gasteiger partial charge in [-0.15, -0.1) is 0 Å². The average Bonchev–Trinajstić information content (AvgIpc) is 2.62. The Bertz CT molecular complexity index is 781. The van der Waals surface area contributed by atoms with E-state index in [-0.39, 0.29) is 10.9 Å². The summed E-state index contributed by atoms with van der Waals surface area (Å²) < 4.78 is 44.3. The van der Waals surface area contributed by atoms with Crippen molar-refractivity contribution in [2.45, 2.75) is 43.5 Å². The summed E-state index contributed by atoms with van der Waals surface area (Å²) in [6.07, 6.45) is 4.07. The van der Waals surface area contributed by atoms with Gasteiger partial charge in [0, 0.05) is 6.04 Å². The molecular weight excluding hydrogens is 363 g/mol. The lowest BCUT2D eigenvalue weighted by atomic mass is 9.86. The van der Waals surface area contributed by atoms with Crippen molar-refractivity contribution in [2.24, 2.45) is 5.92 Å². The van der Waals surface area contributed by atoms with Crippen LogP contribution in [0.25, 0.3) is 0 Å². The molecule has 1 aliphatic carbocycles. The fraction of sp³-hybridized carbons (Fsp3) is 0.529. The quantitative estimate of drug-likeness (QED) is 0.723. The lowest BCUT2D eigenvalue weighted by Gasteiger charge is -2.29. The lowest BCUT2D eigenvalue weighted by Crippen LogP contribution is -2.42. The number of amides is 1. The molecule has 0 heterocycles. The summed E-state index contributed by atoms with van der Waals surface area (Å²) >= 11 is 0. The minimum atomic E-state index is -3.83. The molecule has 7 nitrogen and oxygen atoms in total. The molecule has 1 fully saturated rings. The van der Waals surface area contributed by atoms with Crippen LogP contribution in [0.4, 0.5) is 4.39 Å². The second-order valence-corrected chi connectivity index (χ2v) is 8.25. The maximum Gasteiger partial charge on any atom is 0.341 e. The van der Waals surface area contributed by atoms with Gasteiger partial charge in [-0.2, -0.15) is 0 Å². The number of carbonyl (C=O) groups excluding carboxylic acids is 2. The first-order chi connectivity index (χ1) is 12.2. The van der Waals surface area contributed by atoms with Crippen LogP contribution >= 0.6 is 0 Å². The van der Waals surface area contributed by atoms with E-state index in [0.717, 1.165) is 43.9 Å². The topological polar surface area (TPSA) is 102 Å². The van der Waals surface area contributed by atoms with Crippen LogP contribution in [-0.4, -0.2) is 40.0 Å². The second kappa shape index (κ2) is 8.59. The summed E-state index contributed by atoms with van der Waals surface area (Å²) in [6.45, 7) is 1.50. The Morgan fingerprint density at radius 2 is 1.96 bits per heavy atom. The zero-order chi connectivity index (χ0) is 19.3. The van der Waals surface area contributed by atoms with Crippen molar-refractivity contribution in [3.8, 4) is 0 Å². The molecule has 0 bridgehead atoms. The summed E-state index contributed by atoms with van der Waals surface area (Å²) in [5.74, 6) is -2.13. The van der Waals surface area contributed by atoms with E-state index in [0.29, 0.717) is 5.92 Å². The number of hydrogen-bond acceptors (Lipinski definition) is 5. The number of rotatable bonds is 6. The zero-order valence-electron chi connectivity index (χ0n) is 14.7. The fourth-order valence-electron chi connectivity index (χ4n) is 2.93. The van der Waals surface area contributed by atoms with Gasteiger partial charge in [0.05, 0.1) is 10.5 Å². The highest BCUT2D eigenvalue weighted by Gasteiger charge is 2.24. The van der Waals surface area contributed by atoms with Gasteiger partial charge in [0.2, 0.25) is 10.0 Å². The maximum atomic E-state index is 13.8. The molecule has 2 rings (SSSR count). The molecule has 9 heteroatoms. The Labute approximate surface area is 152 Å². The Balaban J connectivity index is 1.99. The Morgan fingerprint density at radius 1 is 1.27 bits per heavy atom. The van der Waals surface area contributed by atoms with Crippen LogP contribution in [-0.2, 0) is 19.6 Å². The number of carbonyl (C=O) groups is 2. The van der Waals surface area contributed by atoms with E-state index < -0.39 is 39.9 Å². The van der Waals surface area contributed by atoms with E-state index in [2.05, 4.69) is 17.0 Å². The van der Waals surface area contributed by atoms with E-state index in [4.69, 9.17) is 4.74 Å². The highest BCUT2D eigenvalue weighted by molar-refractivity contribution is 7.89. The summed E-state index contributed by atoms with van der Waals surface area (Å²) in [6, 6.07) is 2.82. The van der Waals surface area contributed by atoms with Gasteiger partial charge in [-0.3, -0.25) is 4.79 Å². The van der Waals surface area contributed by atoms with Gasteiger partial charge in [0.1, 0.15) is 5.82 Å². The van der Waals surface area contributed by atoms with Crippen molar-refractivity contribution >= 4 is 21.9 Å². The molecule has 0 saturated heterocycles. The normalized spacial score (nSPS) is 20.4. The van der Waals surface area contributed by atoms with Crippen LogP contribution in [0.1, 0.15) is 43.0 Å². The number of sulfonamides is 1. The van der Waals surface area contributed by atoms with E-state index >= 15 is 0 Å². The first-order valence-electron chi connectivity index (χ1n) is 8.44. The van der Waals surface area contributed by atoms with Crippen LogP contribution in [0.15, 0.2) is 23.1 Å². The molecule has 1 aromatic carbocycles. The molecule has 0 aromatic heterocycles. The molecule has 2 atom stereocenters. The van der Waals surface area contributed by atoms with Gasteiger partial charge >= 0.3 is 5.97 Å². The first-order valence-corrected chi connectivity index (χ1v) is 9.92. The van der Waals surface area contributed by atoms with Crippen LogP contribution in [0.5, 0.6) is 0 Å². The molecule has 1 aromatic rings. The van der Waals surface area contributed by atoms with Gasteiger partial charge < -0.3 is 10.1 Å². The van der Waals surface area contributed by atoms with Crippen molar-refractivity contribution in [3.63, 3.8) is 0 Å². The van der Waals surface area contributed by atoms with Crippen molar-refractivity contribution in [3.05, 3.63) is 29.6 Å². The highest BCUT2D eigenvalue weighted by Crippen LogP contribution is 2.23. The van der Waals surface area contributed by atoms with E-state index in [1.807, 2.05) is 0 Å². The van der Waals surface area contributed by atoms with E-state index in [1.54, 1.807) is 0 Å². The van der Waals surface area contributed by atoms with Crippen LogP contribution in [0.2, 0.25) is 0 Å². The molecule has 0 spiro atoms. The van der Waals surface area contributed by atoms with Gasteiger partial charge in [-0.05, 0) is 44.0 Å². The number of hydrogen-bond donors (Lipinski definition) is 2. The molecule has 0 aliphatic heterocycles. The molecule has 144 valence electrons.